The van der Waals surface area contributed by atoms with Crippen LogP contribution in [-0.2, 0) is 19.6 Å². The first-order valence-corrected chi connectivity index (χ1v) is 7.69. The maximum Gasteiger partial charge on any atom is 0.427 e. The number of alkyl halides is 6. The molecule has 0 atom stereocenters. The Kier molecular flexibility index (Phi) is 4.20. The number of benzene rings is 1. The van der Waals surface area contributed by atoms with Gasteiger partial charge in [-0.15, -0.1) is 0 Å². The molecule has 1 aromatic carbocycles. The monoisotopic (exact) mass is 406 g/mol. The van der Waals surface area contributed by atoms with Gasteiger partial charge in [0.2, 0.25) is 0 Å². The number of amidine groups is 1. The summed E-state index contributed by atoms with van der Waals surface area (Å²) >= 11 is 0. The van der Waals surface area contributed by atoms with Crippen molar-refractivity contribution in [2.45, 2.75) is 17.9 Å². The highest BCUT2D eigenvalue weighted by Crippen LogP contribution is 2.55. The molecular weight excluding hydrogens is 394 g/mol. The first-order chi connectivity index (χ1) is 12.8. The third-order valence-electron chi connectivity index (χ3n) is 4.41. The molecule has 0 bridgehead atoms. The summed E-state index contributed by atoms with van der Waals surface area (Å²) in [7, 11) is 1.75. The van der Waals surface area contributed by atoms with E-state index in [4.69, 9.17) is 0 Å². The zero-order chi connectivity index (χ0) is 21.1. The molecule has 1 aromatic heterocycles. The van der Waals surface area contributed by atoms with Gasteiger partial charge in [-0.05, 0) is 0 Å². The van der Waals surface area contributed by atoms with Crippen LogP contribution in [0.15, 0.2) is 44.9 Å². The van der Waals surface area contributed by atoms with Crippen molar-refractivity contribution in [3.05, 3.63) is 62.3 Å². The molecule has 0 saturated heterocycles. The van der Waals surface area contributed by atoms with Crippen LogP contribution in [-0.4, -0.2) is 27.3 Å². The van der Waals surface area contributed by atoms with E-state index in [0.29, 0.717) is 4.57 Å². The normalized spacial score (nSPS) is 16.2. The van der Waals surface area contributed by atoms with Crippen LogP contribution in [0.1, 0.15) is 11.1 Å². The number of fused-ring (bicyclic) bond motifs is 1. The Balaban J connectivity index is 2.55. The molecule has 0 saturated carbocycles. The number of hydrogen-bond acceptors (Lipinski definition) is 4. The summed E-state index contributed by atoms with van der Waals surface area (Å²) in [5.41, 5.74) is -9.47. The van der Waals surface area contributed by atoms with Gasteiger partial charge in [0.25, 0.3) is 11.1 Å². The quantitative estimate of drug-likeness (QED) is 0.739. The molecule has 0 spiro atoms. The molecule has 2 aromatic rings. The Morgan fingerprint density at radius 2 is 1.46 bits per heavy atom. The number of nitrogens with one attached hydrogen (secondary N) is 1. The number of anilines is 1. The molecular formula is C16H12F6N4O2. The molecule has 0 aliphatic carbocycles. The Hall–Kier alpha value is -3.05. The lowest BCUT2D eigenvalue weighted by Gasteiger charge is -2.38. The highest BCUT2D eigenvalue weighted by Gasteiger charge is 2.75. The van der Waals surface area contributed by atoms with Gasteiger partial charge in [0.05, 0.1) is 0 Å². The van der Waals surface area contributed by atoms with Crippen molar-refractivity contribution >= 4 is 11.7 Å². The third kappa shape index (κ3) is 2.54. The fourth-order valence-corrected chi connectivity index (χ4v) is 2.98. The molecule has 3 rings (SSSR count). The van der Waals surface area contributed by atoms with E-state index in [1.54, 1.807) is 0 Å². The molecule has 0 unspecified atom stereocenters. The largest absolute Gasteiger partial charge is 0.427 e. The average Bonchev–Trinajstić information content (AvgIpc) is 2.62. The van der Waals surface area contributed by atoms with Crippen molar-refractivity contribution in [1.29, 1.82) is 0 Å². The second kappa shape index (κ2) is 5.97. The van der Waals surface area contributed by atoms with Gasteiger partial charge in [-0.1, -0.05) is 30.3 Å². The Labute approximate surface area is 152 Å². The summed E-state index contributed by atoms with van der Waals surface area (Å²) in [6, 6.07) is 6.77. The molecule has 0 amide bonds. The van der Waals surface area contributed by atoms with Crippen molar-refractivity contribution in [2.75, 3.05) is 5.32 Å². The smallest absolute Gasteiger partial charge is 0.326 e. The lowest BCUT2D eigenvalue weighted by Crippen LogP contribution is -2.60. The summed E-state index contributed by atoms with van der Waals surface area (Å²) in [5.74, 6) is -1.69. The molecule has 150 valence electrons. The number of halogens is 6. The highest BCUT2D eigenvalue weighted by molar-refractivity contribution is 6.09. The van der Waals surface area contributed by atoms with Crippen LogP contribution in [0.25, 0.3) is 0 Å². The zero-order valence-electron chi connectivity index (χ0n) is 14.3. The van der Waals surface area contributed by atoms with Crippen LogP contribution in [0.4, 0.5) is 32.2 Å². The predicted molar refractivity (Wildman–Crippen MR) is 87.3 cm³/mol. The molecule has 1 aliphatic rings. The van der Waals surface area contributed by atoms with Crippen molar-refractivity contribution < 1.29 is 26.3 Å². The van der Waals surface area contributed by atoms with Crippen molar-refractivity contribution in [1.82, 2.24) is 9.13 Å². The van der Waals surface area contributed by atoms with Gasteiger partial charge in [0, 0.05) is 19.7 Å². The average molecular weight is 406 g/mol. The van der Waals surface area contributed by atoms with Gasteiger partial charge >= 0.3 is 18.0 Å². The number of hydrogen-bond donors (Lipinski definition) is 1. The Morgan fingerprint density at radius 1 is 0.929 bits per heavy atom. The molecule has 2 heterocycles. The van der Waals surface area contributed by atoms with Crippen LogP contribution >= 0.6 is 0 Å². The van der Waals surface area contributed by atoms with Gasteiger partial charge in [-0.2, -0.15) is 26.3 Å². The number of rotatable bonds is 1. The van der Waals surface area contributed by atoms with Crippen LogP contribution in [0.5, 0.6) is 0 Å². The van der Waals surface area contributed by atoms with Crippen molar-refractivity contribution in [3.8, 4) is 0 Å². The van der Waals surface area contributed by atoms with Crippen molar-refractivity contribution in [2.24, 2.45) is 19.1 Å². The van der Waals surface area contributed by atoms with E-state index in [1.807, 2.05) is 0 Å². The number of aromatic nitrogens is 2. The van der Waals surface area contributed by atoms with Gasteiger partial charge in [0.15, 0.2) is 0 Å². The zero-order valence-corrected chi connectivity index (χ0v) is 14.3. The summed E-state index contributed by atoms with van der Waals surface area (Å²) in [5, 5.41) is 2.29. The summed E-state index contributed by atoms with van der Waals surface area (Å²) in [4.78, 5) is 27.4. The van der Waals surface area contributed by atoms with Crippen LogP contribution < -0.4 is 16.6 Å². The third-order valence-corrected chi connectivity index (χ3v) is 4.41. The van der Waals surface area contributed by atoms with Gasteiger partial charge < -0.3 is 5.32 Å². The van der Waals surface area contributed by atoms with Gasteiger partial charge in [-0.3, -0.25) is 13.9 Å². The minimum Gasteiger partial charge on any atom is -0.326 e. The molecule has 12 heteroatoms. The second-order valence-corrected chi connectivity index (χ2v) is 6.09. The minimum absolute atomic E-state index is 0.0841. The maximum atomic E-state index is 13.9. The molecule has 1 aliphatic heterocycles. The molecule has 28 heavy (non-hydrogen) atoms. The standard InChI is InChI=1S/C16H12F6N4O2/c1-25-11-9(12(27)26(2)13(25)28)14(15(17,18)19,16(20,21)22)24-10(23-11)8-6-4-3-5-7-8/h3-7H,1-2H3,(H,23,24). The summed E-state index contributed by atoms with van der Waals surface area (Å²) < 4.78 is 84.2. The number of nitrogens with zero attached hydrogens (tertiary/aromatic N) is 3. The van der Waals surface area contributed by atoms with Crippen LogP contribution in [0, 0.1) is 0 Å². The fraction of sp³-hybridized carbons (Fsp3) is 0.312. The van der Waals surface area contributed by atoms with Crippen LogP contribution in [0.3, 0.4) is 0 Å². The number of aliphatic imine (C=N–C) groups is 1. The van der Waals surface area contributed by atoms with Gasteiger partial charge in [-0.25, -0.2) is 9.79 Å². The Bertz CT molecular complexity index is 1070. The van der Waals surface area contributed by atoms with E-state index in [2.05, 4.69) is 10.3 Å². The topological polar surface area (TPSA) is 68.4 Å². The molecule has 0 radical (unpaired) electrons. The SMILES string of the molecule is Cn1c2c(c(=O)n(C)c1=O)C(C(F)(F)F)(C(F)(F)F)N=C(c1ccccc1)N2. The molecule has 0 fully saturated rings. The van der Waals surface area contributed by atoms with E-state index in [-0.39, 0.29) is 10.1 Å². The first-order valence-electron chi connectivity index (χ1n) is 7.69. The maximum absolute atomic E-state index is 13.9. The minimum atomic E-state index is -6.01. The lowest BCUT2D eigenvalue weighted by molar-refractivity contribution is -0.301. The van der Waals surface area contributed by atoms with E-state index in [9.17, 15) is 35.9 Å². The lowest BCUT2D eigenvalue weighted by atomic mass is 9.87. The highest BCUT2D eigenvalue weighted by atomic mass is 19.4. The summed E-state index contributed by atoms with van der Waals surface area (Å²) in [6.45, 7) is 0. The van der Waals surface area contributed by atoms with Crippen molar-refractivity contribution in [3.63, 3.8) is 0 Å². The van der Waals surface area contributed by atoms with E-state index in [0.717, 1.165) is 14.1 Å². The van der Waals surface area contributed by atoms with E-state index < -0.39 is 46.4 Å². The fourth-order valence-electron chi connectivity index (χ4n) is 2.98. The first kappa shape index (κ1) is 19.7. The Morgan fingerprint density at radius 3 is 1.96 bits per heavy atom. The van der Waals surface area contributed by atoms with Crippen LogP contribution in [0.2, 0.25) is 0 Å². The molecule has 6 nitrogen and oxygen atoms in total. The predicted octanol–water partition coefficient (Wildman–Crippen LogP) is 2.28. The van der Waals surface area contributed by atoms with Gasteiger partial charge in [0.1, 0.15) is 17.2 Å². The van der Waals surface area contributed by atoms with E-state index in [1.165, 1.54) is 30.3 Å². The summed E-state index contributed by atoms with van der Waals surface area (Å²) in [6.07, 6.45) is -12.0. The second-order valence-electron chi connectivity index (χ2n) is 6.09. The molecule has 1 N–H and O–H groups in total. The van der Waals surface area contributed by atoms with E-state index >= 15 is 0 Å².